The topological polar surface area (TPSA) is 72.5 Å². The number of sulfonamides is 1. The van der Waals surface area contributed by atoms with E-state index in [1.165, 1.54) is 6.08 Å². The van der Waals surface area contributed by atoms with Crippen LogP contribution >= 0.6 is 0 Å². The van der Waals surface area contributed by atoms with Crippen LogP contribution in [-0.2, 0) is 14.8 Å². The van der Waals surface area contributed by atoms with Crippen molar-refractivity contribution in [2.75, 3.05) is 19.4 Å². The second-order valence-electron chi connectivity index (χ2n) is 7.99. The Bertz CT molecular complexity index is 883. The molecule has 5 nitrogen and oxygen atoms in total. The maximum absolute atomic E-state index is 13.4. The summed E-state index contributed by atoms with van der Waals surface area (Å²) in [7, 11) is -1.95. The van der Waals surface area contributed by atoms with E-state index in [-0.39, 0.29) is 24.0 Å². The summed E-state index contributed by atoms with van der Waals surface area (Å²) < 4.78 is 32.8. The van der Waals surface area contributed by atoms with Gasteiger partial charge in [-0.05, 0) is 47.9 Å². The Hall–Kier alpha value is -1.92. The Morgan fingerprint density at radius 1 is 1.30 bits per heavy atom. The van der Waals surface area contributed by atoms with Crippen molar-refractivity contribution >= 4 is 21.9 Å². The molecule has 0 heterocycles. The number of nitrogens with one attached hydrogen (secondary N) is 1. The molecule has 1 aromatic carbocycles. The first-order chi connectivity index (χ1) is 12.7. The van der Waals surface area contributed by atoms with Crippen LogP contribution < -0.4 is 9.46 Å². The molecule has 0 radical (unpaired) electrons. The summed E-state index contributed by atoms with van der Waals surface area (Å²) in [5.74, 6) is 0.633. The first-order valence-corrected chi connectivity index (χ1v) is 10.8. The number of hydrogen-bond acceptors (Lipinski definition) is 4. The minimum Gasteiger partial charge on any atom is -0.497 e. The molecule has 1 aromatic rings. The second kappa shape index (κ2) is 6.91. The molecule has 0 spiro atoms. The normalized spacial score (nSPS) is 27.9. The van der Waals surface area contributed by atoms with Gasteiger partial charge in [-0.3, -0.25) is 4.79 Å². The van der Waals surface area contributed by atoms with Crippen LogP contribution in [0.3, 0.4) is 0 Å². The van der Waals surface area contributed by atoms with Crippen LogP contribution in [0, 0.1) is 16.7 Å². The number of ether oxygens (including phenoxy) is 1. The number of allylic oxidation sites excluding steroid dienone is 1. The van der Waals surface area contributed by atoms with Crippen LogP contribution in [0.1, 0.15) is 32.3 Å². The van der Waals surface area contributed by atoms with E-state index in [9.17, 15) is 13.2 Å². The molecule has 146 valence electrons. The molecule has 0 saturated heterocycles. The third-order valence-corrected chi connectivity index (χ3v) is 7.84. The number of carbonyl (C=O) groups is 1. The molecule has 2 unspecified atom stereocenters. The quantitative estimate of drug-likeness (QED) is 0.574. The molecule has 2 saturated carbocycles. The third-order valence-electron chi connectivity index (χ3n) is 6.36. The molecule has 2 fully saturated rings. The Morgan fingerprint density at radius 2 is 1.96 bits per heavy atom. The lowest BCUT2D eigenvalue weighted by molar-refractivity contribution is -0.125. The van der Waals surface area contributed by atoms with Crippen molar-refractivity contribution in [1.82, 2.24) is 4.72 Å². The lowest BCUT2D eigenvalue weighted by Gasteiger charge is -2.35. The first kappa shape index (κ1) is 19.8. The van der Waals surface area contributed by atoms with Crippen molar-refractivity contribution in [1.29, 1.82) is 0 Å². The van der Waals surface area contributed by atoms with Gasteiger partial charge in [-0.2, -0.15) is 0 Å². The summed E-state index contributed by atoms with van der Waals surface area (Å²) in [4.78, 5) is 13.4. The highest BCUT2D eigenvalue weighted by molar-refractivity contribution is 7.89. The summed E-state index contributed by atoms with van der Waals surface area (Å²) in [6.45, 7) is 7.77. The summed E-state index contributed by atoms with van der Waals surface area (Å²) in [6.07, 6.45) is 4.86. The minimum atomic E-state index is -3.57. The van der Waals surface area contributed by atoms with E-state index in [4.69, 9.17) is 4.74 Å². The average Bonchev–Trinajstić information content (AvgIpc) is 2.95. The van der Waals surface area contributed by atoms with E-state index in [2.05, 4.69) is 11.3 Å². The molecule has 2 aliphatic carbocycles. The van der Waals surface area contributed by atoms with E-state index < -0.39 is 20.9 Å². The van der Waals surface area contributed by atoms with Crippen molar-refractivity contribution in [3.63, 3.8) is 0 Å². The monoisotopic (exact) mass is 389 g/mol. The van der Waals surface area contributed by atoms with E-state index in [1.807, 2.05) is 44.2 Å². The van der Waals surface area contributed by atoms with Gasteiger partial charge in [-0.25, -0.2) is 13.1 Å². The molecule has 2 bridgehead atoms. The lowest BCUT2D eigenvalue weighted by atomic mass is 9.70. The third kappa shape index (κ3) is 3.25. The highest BCUT2D eigenvalue weighted by atomic mass is 32.2. The highest BCUT2D eigenvalue weighted by Crippen LogP contribution is 2.66. The standard InChI is InChI=1S/C21H27NO4S/c1-5-12-22-27(24,25)14-21-11-10-18(20(21,2)3)17(19(21)23)13-15-6-8-16(26-4)9-7-15/h5-9,13,18,22H,1,10-12,14H2,2-4H3. The van der Waals surface area contributed by atoms with Crippen LogP contribution in [0.4, 0.5) is 0 Å². The van der Waals surface area contributed by atoms with E-state index in [0.29, 0.717) is 6.42 Å². The Labute approximate surface area is 161 Å². The maximum atomic E-state index is 13.4. The van der Waals surface area contributed by atoms with Gasteiger partial charge < -0.3 is 4.74 Å². The number of methoxy groups -OCH3 is 1. The van der Waals surface area contributed by atoms with Gasteiger partial charge in [0.15, 0.2) is 5.78 Å². The molecule has 0 amide bonds. The lowest BCUT2D eigenvalue weighted by Crippen LogP contribution is -2.45. The zero-order chi connectivity index (χ0) is 19.9. The zero-order valence-electron chi connectivity index (χ0n) is 16.1. The van der Waals surface area contributed by atoms with Gasteiger partial charge in [0, 0.05) is 12.1 Å². The minimum absolute atomic E-state index is 0.0245. The molecule has 27 heavy (non-hydrogen) atoms. The fraction of sp³-hybridized carbons (Fsp3) is 0.476. The number of carbonyl (C=O) groups excluding carboxylic acids is 1. The molecule has 1 N–H and O–H groups in total. The predicted octanol–water partition coefficient (Wildman–Crippen LogP) is 3.19. The molecule has 3 rings (SSSR count). The molecular formula is C21H27NO4S. The van der Waals surface area contributed by atoms with Crippen LogP contribution in [0.25, 0.3) is 6.08 Å². The Morgan fingerprint density at radius 3 is 2.56 bits per heavy atom. The summed E-state index contributed by atoms with van der Waals surface area (Å²) in [5.41, 5.74) is 0.398. The average molecular weight is 390 g/mol. The first-order valence-electron chi connectivity index (χ1n) is 9.15. The van der Waals surface area contributed by atoms with Gasteiger partial charge in [-0.15, -0.1) is 6.58 Å². The largest absolute Gasteiger partial charge is 0.497 e. The number of rotatable bonds is 7. The van der Waals surface area contributed by atoms with Gasteiger partial charge in [0.05, 0.1) is 18.3 Å². The smallest absolute Gasteiger partial charge is 0.212 e. The Kier molecular flexibility index (Phi) is 5.08. The summed E-state index contributed by atoms with van der Waals surface area (Å²) in [5, 5.41) is 0. The molecule has 0 aromatic heterocycles. The van der Waals surface area contributed by atoms with Gasteiger partial charge in [0.25, 0.3) is 0 Å². The number of ketones is 1. The fourth-order valence-electron chi connectivity index (χ4n) is 4.72. The molecular weight excluding hydrogens is 362 g/mol. The van der Waals surface area contributed by atoms with Crippen molar-refractivity contribution in [2.45, 2.75) is 26.7 Å². The van der Waals surface area contributed by atoms with Gasteiger partial charge in [0.2, 0.25) is 10.0 Å². The number of fused-ring (bicyclic) bond motifs is 2. The SMILES string of the molecule is C=CCNS(=O)(=O)CC12CCC(C(=Cc3ccc(OC)cc3)C1=O)C2(C)C. The van der Waals surface area contributed by atoms with Gasteiger partial charge in [0.1, 0.15) is 5.75 Å². The van der Waals surface area contributed by atoms with Gasteiger partial charge >= 0.3 is 0 Å². The second-order valence-corrected chi connectivity index (χ2v) is 9.80. The predicted molar refractivity (Wildman–Crippen MR) is 107 cm³/mol. The van der Waals surface area contributed by atoms with Crippen molar-refractivity contribution in [2.24, 2.45) is 16.7 Å². The maximum Gasteiger partial charge on any atom is 0.212 e. The zero-order valence-corrected chi connectivity index (χ0v) is 16.9. The number of hydrogen-bond donors (Lipinski definition) is 1. The number of benzene rings is 1. The van der Waals surface area contributed by atoms with Crippen molar-refractivity contribution in [3.8, 4) is 5.75 Å². The summed E-state index contributed by atoms with van der Waals surface area (Å²) >= 11 is 0. The summed E-state index contributed by atoms with van der Waals surface area (Å²) in [6, 6.07) is 7.53. The van der Waals surface area contributed by atoms with Crippen LogP contribution in [-0.4, -0.2) is 33.6 Å². The molecule has 0 aliphatic heterocycles. The molecule has 2 aliphatic rings. The van der Waals surface area contributed by atoms with Crippen LogP contribution in [0.5, 0.6) is 5.75 Å². The van der Waals surface area contributed by atoms with Gasteiger partial charge in [-0.1, -0.05) is 32.1 Å². The van der Waals surface area contributed by atoms with E-state index >= 15 is 0 Å². The van der Waals surface area contributed by atoms with Crippen LogP contribution in [0.2, 0.25) is 0 Å². The van der Waals surface area contributed by atoms with Crippen molar-refractivity contribution < 1.29 is 17.9 Å². The van der Waals surface area contributed by atoms with E-state index in [0.717, 1.165) is 23.3 Å². The van der Waals surface area contributed by atoms with Crippen molar-refractivity contribution in [3.05, 3.63) is 48.1 Å². The van der Waals surface area contributed by atoms with Crippen LogP contribution in [0.15, 0.2) is 42.5 Å². The molecule has 6 heteroatoms. The van der Waals surface area contributed by atoms with E-state index in [1.54, 1.807) is 7.11 Å². The Balaban J connectivity index is 1.96. The molecule has 2 atom stereocenters. The highest BCUT2D eigenvalue weighted by Gasteiger charge is 2.67. The fourth-order valence-corrected chi connectivity index (χ4v) is 6.49. The number of Topliss-reactive ketones (excluding diaryl/α,β-unsaturated/α-hetero) is 1.